The van der Waals surface area contributed by atoms with Crippen LogP contribution in [0, 0.1) is 0 Å². The smallest absolute Gasteiger partial charge is 0.161 e. The molecule has 0 aliphatic heterocycles. The van der Waals surface area contributed by atoms with Gasteiger partial charge in [-0.05, 0) is 58.4 Å². The van der Waals surface area contributed by atoms with Crippen LogP contribution in [-0.4, -0.2) is 24.4 Å². The van der Waals surface area contributed by atoms with E-state index in [1.807, 2.05) is 54.6 Å². The van der Waals surface area contributed by atoms with Gasteiger partial charge < -0.3 is 14.8 Å². The molecule has 0 aliphatic rings. The van der Waals surface area contributed by atoms with Crippen LogP contribution in [0.5, 0.6) is 11.5 Å². The van der Waals surface area contributed by atoms with E-state index in [2.05, 4.69) is 31.4 Å². The van der Waals surface area contributed by atoms with Crippen molar-refractivity contribution < 1.29 is 9.47 Å². The number of halogens is 1. The van der Waals surface area contributed by atoms with Crippen LogP contribution in [0.25, 0.3) is 11.3 Å². The van der Waals surface area contributed by atoms with Gasteiger partial charge in [-0.1, -0.05) is 12.1 Å². The summed E-state index contributed by atoms with van der Waals surface area (Å²) in [6.45, 7) is 0. The molecule has 122 valence electrons. The second-order valence-electron chi connectivity index (χ2n) is 4.98. The number of nitrogens with zero attached hydrogens (tertiary/aromatic N) is 2. The molecule has 1 heterocycles. The number of rotatable bonds is 5. The average molecular weight is 386 g/mol. The number of benzene rings is 2. The molecule has 3 rings (SSSR count). The molecule has 0 saturated carbocycles. The Bertz CT molecular complexity index is 838. The van der Waals surface area contributed by atoms with Crippen molar-refractivity contribution in [3.8, 4) is 22.8 Å². The van der Waals surface area contributed by atoms with E-state index in [0.717, 1.165) is 21.4 Å². The largest absolute Gasteiger partial charge is 0.493 e. The number of methoxy groups -OCH3 is 2. The van der Waals surface area contributed by atoms with E-state index >= 15 is 0 Å². The summed E-state index contributed by atoms with van der Waals surface area (Å²) >= 11 is 3.50. The fourth-order valence-electron chi connectivity index (χ4n) is 2.25. The minimum absolute atomic E-state index is 0.659. The molecular formula is C18H16BrN3O2. The molecule has 0 fully saturated rings. The van der Waals surface area contributed by atoms with Crippen LogP contribution in [0.1, 0.15) is 0 Å². The summed E-state index contributed by atoms with van der Waals surface area (Å²) in [7, 11) is 3.22. The third-order valence-corrected chi connectivity index (χ3v) is 4.17. The topological polar surface area (TPSA) is 56.3 Å². The first kappa shape index (κ1) is 16.3. The second-order valence-corrected chi connectivity index (χ2v) is 5.83. The molecule has 0 radical (unpaired) electrons. The number of anilines is 2. The highest BCUT2D eigenvalue weighted by Gasteiger charge is 2.08. The van der Waals surface area contributed by atoms with Gasteiger partial charge in [0.1, 0.15) is 0 Å². The third-order valence-electron chi connectivity index (χ3n) is 3.48. The number of para-hydroxylation sites is 1. The third kappa shape index (κ3) is 3.49. The maximum Gasteiger partial charge on any atom is 0.161 e. The lowest BCUT2D eigenvalue weighted by Crippen LogP contribution is -1.97. The lowest BCUT2D eigenvalue weighted by Gasteiger charge is -2.10. The number of ether oxygens (including phenoxy) is 2. The first-order valence-corrected chi connectivity index (χ1v) is 8.08. The Morgan fingerprint density at radius 3 is 2.33 bits per heavy atom. The van der Waals surface area contributed by atoms with Crippen molar-refractivity contribution in [1.29, 1.82) is 0 Å². The molecule has 3 aromatic rings. The van der Waals surface area contributed by atoms with Crippen molar-refractivity contribution in [2.24, 2.45) is 0 Å². The average Bonchev–Trinajstić information content (AvgIpc) is 2.63. The summed E-state index contributed by atoms with van der Waals surface area (Å²) in [5.41, 5.74) is 2.60. The highest BCUT2D eigenvalue weighted by molar-refractivity contribution is 9.10. The number of hydrogen-bond donors (Lipinski definition) is 1. The SMILES string of the molecule is COc1ccc(-c2ccc(Nc3ccccc3Br)nn2)cc1OC. The summed E-state index contributed by atoms with van der Waals surface area (Å²) in [6.07, 6.45) is 0. The van der Waals surface area contributed by atoms with Gasteiger partial charge in [-0.25, -0.2) is 0 Å². The van der Waals surface area contributed by atoms with Crippen molar-refractivity contribution in [3.05, 3.63) is 59.1 Å². The Balaban J connectivity index is 1.83. The van der Waals surface area contributed by atoms with E-state index in [1.54, 1.807) is 14.2 Å². The van der Waals surface area contributed by atoms with Gasteiger partial charge in [0.05, 0.1) is 25.6 Å². The lowest BCUT2D eigenvalue weighted by molar-refractivity contribution is 0.355. The molecule has 1 N–H and O–H groups in total. The maximum absolute atomic E-state index is 5.32. The van der Waals surface area contributed by atoms with Crippen LogP contribution in [0.2, 0.25) is 0 Å². The number of hydrogen-bond acceptors (Lipinski definition) is 5. The zero-order valence-corrected chi connectivity index (χ0v) is 14.9. The maximum atomic E-state index is 5.32. The van der Waals surface area contributed by atoms with Gasteiger partial charge in [0.25, 0.3) is 0 Å². The monoisotopic (exact) mass is 385 g/mol. The standard InChI is InChI=1S/C18H16BrN3O2/c1-23-16-9-7-12(11-17(16)24-2)14-8-10-18(22-21-14)20-15-6-4-3-5-13(15)19/h3-11H,1-2H3,(H,20,22). The molecule has 0 amide bonds. The molecule has 6 heteroatoms. The van der Waals surface area contributed by atoms with Crippen LogP contribution in [0.15, 0.2) is 59.1 Å². The minimum atomic E-state index is 0.659. The highest BCUT2D eigenvalue weighted by atomic mass is 79.9. The summed E-state index contributed by atoms with van der Waals surface area (Å²) < 4.78 is 11.5. The van der Waals surface area contributed by atoms with Crippen molar-refractivity contribution >= 4 is 27.4 Å². The molecule has 24 heavy (non-hydrogen) atoms. The second kappa shape index (κ2) is 7.31. The van der Waals surface area contributed by atoms with E-state index in [9.17, 15) is 0 Å². The molecule has 5 nitrogen and oxygen atoms in total. The minimum Gasteiger partial charge on any atom is -0.493 e. The van der Waals surface area contributed by atoms with Crippen LogP contribution in [0.3, 0.4) is 0 Å². The van der Waals surface area contributed by atoms with E-state index in [-0.39, 0.29) is 0 Å². The van der Waals surface area contributed by atoms with Crippen LogP contribution < -0.4 is 14.8 Å². The summed E-state index contributed by atoms with van der Waals surface area (Å²) in [5, 5.41) is 11.7. The number of nitrogens with one attached hydrogen (secondary N) is 1. The lowest BCUT2D eigenvalue weighted by atomic mass is 10.1. The van der Waals surface area contributed by atoms with Gasteiger partial charge in [0, 0.05) is 10.0 Å². The van der Waals surface area contributed by atoms with Gasteiger partial charge in [0.15, 0.2) is 17.3 Å². The Kier molecular flexibility index (Phi) is 4.96. The van der Waals surface area contributed by atoms with E-state index in [1.165, 1.54) is 0 Å². The molecule has 0 bridgehead atoms. The Morgan fingerprint density at radius 2 is 1.67 bits per heavy atom. The van der Waals surface area contributed by atoms with Crippen molar-refractivity contribution in [3.63, 3.8) is 0 Å². The first-order valence-electron chi connectivity index (χ1n) is 7.29. The first-order chi connectivity index (χ1) is 11.7. The van der Waals surface area contributed by atoms with Crippen molar-refractivity contribution in [2.75, 3.05) is 19.5 Å². The summed E-state index contributed by atoms with van der Waals surface area (Å²) in [4.78, 5) is 0. The van der Waals surface area contributed by atoms with Crippen LogP contribution in [-0.2, 0) is 0 Å². The molecule has 0 unspecified atom stereocenters. The Morgan fingerprint density at radius 1 is 0.875 bits per heavy atom. The van der Waals surface area contributed by atoms with Gasteiger partial charge in [-0.3, -0.25) is 0 Å². The van der Waals surface area contributed by atoms with Crippen LogP contribution >= 0.6 is 15.9 Å². The Hall–Kier alpha value is -2.60. The molecule has 0 aliphatic carbocycles. The van der Waals surface area contributed by atoms with Gasteiger partial charge >= 0.3 is 0 Å². The molecule has 2 aromatic carbocycles. The Labute approximate surface area is 148 Å². The van der Waals surface area contributed by atoms with E-state index in [4.69, 9.17) is 9.47 Å². The quantitative estimate of drug-likeness (QED) is 0.691. The van der Waals surface area contributed by atoms with Gasteiger partial charge in [-0.2, -0.15) is 0 Å². The van der Waals surface area contributed by atoms with E-state index in [0.29, 0.717) is 17.3 Å². The van der Waals surface area contributed by atoms with Crippen molar-refractivity contribution in [1.82, 2.24) is 10.2 Å². The zero-order chi connectivity index (χ0) is 16.9. The van der Waals surface area contributed by atoms with Crippen molar-refractivity contribution in [2.45, 2.75) is 0 Å². The molecule has 0 spiro atoms. The summed E-state index contributed by atoms with van der Waals surface area (Å²) in [6, 6.07) is 17.3. The number of aromatic nitrogens is 2. The van der Waals surface area contributed by atoms with Gasteiger partial charge in [0.2, 0.25) is 0 Å². The molecular weight excluding hydrogens is 370 g/mol. The zero-order valence-electron chi connectivity index (χ0n) is 13.3. The molecule has 0 atom stereocenters. The van der Waals surface area contributed by atoms with Crippen LogP contribution in [0.4, 0.5) is 11.5 Å². The fourth-order valence-corrected chi connectivity index (χ4v) is 2.63. The van der Waals surface area contributed by atoms with E-state index < -0.39 is 0 Å². The molecule has 1 aromatic heterocycles. The predicted octanol–water partition coefficient (Wildman–Crippen LogP) is 4.67. The molecule has 0 saturated heterocycles. The predicted molar refractivity (Wildman–Crippen MR) is 98.0 cm³/mol. The summed E-state index contributed by atoms with van der Waals surface area (Å²) in [5.74, 6) is 2.01. The normalized spacial score (nSPS) is 10.3. The highest BCUT2D eigenvalue weighted by Crippen LogP contribution is 2.31. The fraction of sp³-hybridized carbons (Fsp3) is 0.111. The van der Waals surface area contributed by atoms with Gasteiger partial charge in [-0.15, -0.1) is 10.2 Å².